The van der Waals surface area contributed by atoms with Gasteiger partial charge in [-0.25, -0.2) is 4.79 Å². The Kier molecular flexibility index (Phi) is 5.69. The third kappa shape index (κ3) is 4.32. The van der Waals surface area contributed by atoms with Gasteiger partial charge in [0.05, 0.1) is 12.5 Å². The number of hydrogen-bond donors (Lipinski definition) is 1. The minimum atomic E-state index is -1.09. The molecular formula is C17H22N2O3. The first kappa shape index (κ1) is 17.7. The first-order valence-electron chi connectivity index (χ1n) is 7.19. The van der Waals surface area contributed by atoms with Crippen molar-refractivity contribution in [2.45, 2.75) is 45.6 Å². The molecule has 0 fully saturated rings. The summed E-state index contributed by atoms with van der Waals surface area (Å²) in [6, 6.07) is 8.13. The van der Waals surface area contributed by atoms with Gasteiger partial charge in [-0.05, 0) is 30.0 Å². The molecule has 0 aromatic heterocycles. The van der Waals surface area contributed by atoms with Crippen LogP contribution in [0.2, 0.25) is 0 Å². The van der Waals surface area contributed by atoms with E-state index < -0.39 is 12.0 Å². The lowest BCUT2D eigenvalue weighted by Crippen LogP contribution is -2.43. The number of rotatable bonds is 5. The monoisotopic (exact) mass is 302 g/mol. The Morgan fingerprint density at radius 2 is 1.82 bits per heavy atom. The standard InChI is InChI=1S/C17H22N2O3/c1-12(16(21)22)19(11-5-10-18)15(20)13-6-8-14(9-7-13)17(2,3)4/h6-9,12H,5,11H2,1-4H3,(H,21,22). The minimum absolute atomic E-state index is 0.0174. The molecule has 1 rings (SSSR count). The Morgan fingerprint density at radius 1 is 1.27 bits per heavy atom. The number of hydrogen-bond acceptors (Lipinski definition) is 3. The maximum absolute atomic E-state index is 12.5. The van der Waals surface area contributed by atoms with Gasteiger partial charge in [0.15, 0.2) is 0 Å². The lowest BCUT2D eigenvalue weighted by molar-refractivity contribution is -0.141. The lowest BCUT2D eigenvalue weighted by Gasteiger charge is -2.26. The zero-order valence-electron chi connectivity index (χ0n) is 13.5. The number of benzene rings is 1. The van der Waals surface area contributed by atoms with Gasteiger partial charge >= 0.3 is 5.97 Å². The Bertz CT molecular complexity index is 579. The Morgan fingerprint density at radius 3 is 2.23 bits per heavy atom. The van der Waals surface area contributed by atoms with Crippen LogP contribution in [0.4, 0.5) is 0 Å². The average molecular weight is 302 g/mol. The van der Waals surface area contributed by atoms with Crippen molar-refractivity contribution in [3.63, 3.8) is 0 Å². The van der Waals surface area contributed by atoms with E-state index in [0.717, 1.165) is 5.56 Å². The van der Waals surface area contributed by atoms with E-state index in [2.05, 4.69) is 20.8 Å². The number of carbonyl (C=O) groups is 2. The fourth-order valence-corrected chi connectivity index (χ4v) is 2.05. The Hall–Kier alpha value is -2.35. The van der Waals surface area contributed by atoms with Gasteiger partial charge in [-0.3, -0.25) is 4.79 Å². The molecule has 0 bridgehead atoms. The van der Waals surface area contributed by atoms with Crippen molar-refractivity contribution in [1.82, 2.24) is 4.90 Å². The van der Waals surface area contributed by atoms with Gasteiger partial charge in [-0.2, -0.15) is 5.26 Å². The molecule has 1 aromatic rings. The van der Waals surface area contributed by atoms with Crippen LogP contribution in [-0.2, 0) is 10.2 Å². The van der Waals surface area contributed by atoms with Crippen LogP contribution in [0.15, 0.2) is 24.3 Å². The lowest BCUT2D eigenvalue weighted by atomic mass is 9.86. The van der Waals surface area contributed by atoms with Gasteiger partial charge < -0.3 is 10.0 Å². The van der Waals surface area contributed by atoms with E-state index in [-0.39, 0.29) is 24.3 Å². The van der Waals surface area contributed by atoms with Crippen LogP contribution in [0.25, 0.3) is 0 Å². The molecule has 0 saturated carbocycles. The number of aliphatic carboxylic acids is 1. The smallest absolute Gasteiger partial charge is 0.326 e. The number of nitriles is 1. The average Bonchev–Trinajstić information content (AvgIpc) is 2.46. The predicted molar refractivity (Wildman–Crippen MR) is 83.5 cm³/mol. The van der Waals surface area contributed by atoms with Crippen LogP contribution in [0.3, 0.4) is 0 Å². The molecule has 0 aliphatic heterocycles. The first-order valence-corrected chi connectivity index (χ1v) is 7.19. The van der Waals surface area contributed by atoms with E-state index in [1.807, 2.05) is 18.2 Å². The van der Waals surface area contributed by atoms with E-state index in [4.69, 9.17) is 10.4 Å². The Balaban J connectivity index is 3.03. The van der Waals surface area contributed by atoms with Gasteiger partial charge in [0, 0.05) is 12.1 Å². The summed E-state index contributed by atoms with van der Waals surface area (Å²) in [4.78, 5) is 24.9. The number of carboxylic acids is 1. The van der Waals surface area contributed by atoms with Crippen molar-refractivity contribution >= 4 is 11.9 Å². The van der Waals surface area contributed by atoms with Crippen molar-refractivity contribution in [2.75, 3.05) is 6.54 Å². The molecule has 1 N–H and O–H groups in total. The number of carbonyl (C=O) groups excluding carboxylic acids is 1. The molecule has 0 aliphatic carbocycles. The Labute approximate surface area is 131 Å². The molecule has 5 nitrogen and oxygen atoms in total. The van der Waals surface area contributed by atoms with E-state index in [1.165, 1.54) is 11.8 Å². The highest BCUT2D eigenvalue weighted by Gasteiger charge is 2.26. The highest BCUT2D eigenvalue weighted by molar-refractivity contribution is 5.96. The van der Waals surface area contributed by atoms with Crippen molar-refractivity contribution in [3.8, 4) is 6.07 Å². The second kappa shape index (κ2) is 7.08. The van der Waals surface area contributed by atoms with Crippen molar-refractivity contribution in [3.05, 3.63) is 35.4 Å². The zero-order chi connectivity index (χ0) is 16.9. The van der Waals surface area contributed by atoms with E-state index >= 15 is 0 Å². The van der Waals surface area contributed by atoms with E-state index in [9.17, 15) is 9.59 Å². The topological polar surface area (TPSA) is 81.4 Å². The maximum Gasteiger partial charge on any atom is 0.326 e. The molecule has 1 unspecified atom stereocenters. The fourth-order valence-electron chi connectivity index (χ4n) is 2.05. The second-order valence-corrected chi connectivity index (χ2v) is 6.25. The van der Waals surface area contributed by atoms with Crippen LogP contribution in [0.5, 0.6) is 0 Å². The second-order valence-electron chi connectivity index (χ2n) is 6.25. The summed E-state index contributed by atoms with van der Waals surface area (Å²) in [7, 11) is 0. The van der Waals surface area contributed by atoms with Crippen LogP contribution in [0.1, 0.15) is 50.0 Å². The quantitative estimate of drug-likeness (QED) is 0.906. The van der Waals surface area contributed by atoms with E-state index in [0.29, 0.717) is 5.56 Å². The summed E-state index contributed by atoms with van der Waals surface area (Å²) < 4.78 is 0. The SMILES string of the molecule is CC(C(=O)O)N(CCC#N)C(=O)c1ccc(C(C)(C)C)cc1. The fraction of sp³-hybridized carbons (Fsp3) is 0.471. The predicted octanol–water partition coefficient (Wildman–Crippen LogP) is 2.81. The molecule has 1 atom stereocenters. The van der Waals surface area contributed by atoms with Gasteiger partial charge in [-0.1, -0.05) is 32.9 Å². The minimum Gasteiger partial charge on any atom is -0.480 e. The van der Waals surface area contributed by atoms with Gasteiger partial charge in [0.25, 0.3) is 5.91 Å². The van der Waals surface area contributed by atoms with Gasteiger partial charge in [-0.15, -0.1) is 0 Å². The van der Waals surface area contributed by atoms with Crippen LogP contribution in [-0.4, -0.2) is 34.5 Å². The number of carboxylic acid groups (broad SMARTS) is 1. The molecule has 1 amide bonds. The molecule has 0 spiro atoms. The van der Waals surface area contributed by atoms with Crippen molar-refractivity contribution in [2.24, 2.45) is 0 Å². The summed E-state index contributed by atoms with van der Waals surface area (Å²) in [6.07, 6.45) is 0.101. The highest BCUT2D eigenvalue weighted by atomic mass is 16.4. The molecule has 0 heterocycles. The molecule has 118 valence electrons. The van der Waals surface area contributed by atoms with Crippen molar-refractivity contribution in [1.29, 1.82) is 5.26 Å². The molecule has 0 saturated heterocycles. The van der Waals surface area contributed by atoms with Crippen LogP contribution < -0.4 is 0 Å². The molecular weight excluding hydrogens is 280 g/mol. The summed E-state index contributed by atoms with van der Waals surface area (Å²) in [5.74, 6) is -1.46. The van der Waals surface area contributed by atoms with Crippen molar-refractivity contribution < 1.29 is 14.7 Å². The molecule has 1 aromatic carbocycles. The largest absolute Gasteiger partial charge is 0.480 e. The molecule has 5 heteroatoms. The highest BCUT2D eigenvalue weighted by Crippen LogP contribution is 2.22. The number of nitrogens with zero attached hydrogens (tertiary/aromatic N) is 2. The molecule has 0 aliphatic rings. The third-order valence-electron chi connectivity index (χ3n) is 3.55. The van der Waals surface area contributed by atoms with Gasteiger partial charge in [0.1, 0.15) is 6.04 Å². The summed E-state index contributed by atoms with van der Waals surface area (Å²) >= 11 is 0. The number of amides is 1. The molecule has 0 radical (unpaired) electrons. The maximum atomic E-state index is 12.5. The summed E-state index contributed by atoms with van der Waals surface area (Å²) in [5.41, 5.74) is 1.51. The summed E-state index contributed by atoms with van der Waals surface area (Å²) in [6.45, 7) is 7.78. The van der Waals surface area contributed by atoms with Crippen LogP contribution in [0, 0.1) is 11.3 Å². The van der Waals surface area contributed by atoms with Crippen LogP contribution >= 0.6 is 0 Å². The first-order chi connectivity index (χ1) is 10.2. The third-order valence-corrected chi connectivity index (χ3v) is 3.55. The molecule has 22 heavy (non-hydrogen) atoms. The van der Waals surface area contributed by atoms with E-state index in [1.54, 1.807) is 12.1 Å². The zero-order valence-corrected chi connectivity index (χ0v) is 13.5. The van der Waals surface area contributed by atoms with Gasteiger partial charge in [0.2, 0.25) is 0 Å². The normalized spacial score (nSPS) is 12.3. The summed E-state index contributed by atoms with van der Waals surface area (Å²) in [5, 5.41) is 17.8.